The molecule has 3 aromatic heterocycles. The molecule has 0 aliphatic carbocycles. The first-order chi connectivity index (χ1) is 13.9. The van der Waals surface area contributed by atoms with Gasteiger partial charge in [0.1, 0.15) is 11.6 Å². The molecule has 148 valence electrons. The van der Waals surface area contributed by atoms with Gasteiger partial charge >= 0.3 is 0 Å². The van der Waals surface area contributed by atoms with Crippen molar-refractivity contribution in [1.82, 2.24) is 19.9 Å². The predicted molar refractivity (Wildman–Crippen MR) is 109 cm³/mol. The van der Waals surface area contributed by atoms with E-state index in [-0.39, 0.29) is 4.90 Å². The van der Waals surface area contributed by atoms with Crippen LogP contribution in [-0.4, -0.2) is 35.5 Å². The first-order valence-corrected chi connectivity index (χ1v) is 10.4. The smallest absolute Gasteiger partial charge is 0.238 e. The van der Waals surface area contributed by atoms with E-state index in [4.69, 9.17) is 9.88 Å². The summed E-state index contributed by atoms with van der Waals surface area (Å²) in [6.45, 7) is 0. The zero-order chi connectivity index (χ0) is 20.4. The molecular formula is C20H19N5O3S. The maximum Gasteiger partial charge on any atom is 0.238 e. The minimum absolute atomic E-state index is 0.0743. The quantitative estimate of drug-likeness (QED) is 0.504. The molecule has 4 rings (SSSR count). The van der Waals surface area contributed by atoms with Gasteiger partial charge < -0.3 is 9.72 Å². The molecule has 4 aromatic rings. The monoisotopic (exact) mass is 409 g/mol. The number of hydrogen-bond acceptors (Lipinski definition) is 6. The summed E-state index contributed by atoms with van der Waals surface area (Å²) in [7, 11) is -2.08. The number of ether oxygens (including phenoxy) is 1. The van der Waals surface area contributed by atoms with E-state index in [0.717, 1.165) is 40.3 Å². The number of nitrogens with zero attached hydrogens (tertiary/aromatic N) is 3. The summed E-state index contributed by atoms with van der Waals surface area (Å²) in [5.41, 5.74) is 4.05. The molecular weight excluding hydrogens is 390 g/mol. The Labute approximate surface area is 167 Å². The highest BCUT2D eigenvalue weighted by atomic mass is 32.2. The number of methoxy groups -OCH3 is 1. The van der Waals surface area contributed by atoms with Crippen LogP contribution in [0.1, 0.15) is 11.5 Å². The molecule has 1 aromatic carbocycles. The molecule has 0 fully saturated rings. The second-order valence-corrected chi connectivity index (χ2v) is 8.10. The van der Waals surface area contributed by atoms with Gasteiger partial charge in [-0.1, -0.05) is 12.1 Å². The molecule has 0 bridgehead atoms. The van der Waals surface area contributed by atoms with Crippen molar-refractivity contribution in [2.75, 3.05) is 7.11 Å². The van der Waals surface area contributed by atoms with Crippen molar-refractivity contribution < 1.29 is 13.2 Å². The number of aromatic amines is 1. The Kier molecular flexibility index (Phi) is 4.99. The number of rotatable bonds is 6. The summed E-state index contributed by atoms with van der Waals surface area (Å²) in [5, 5.41) is 5.14. The average Bonchev–Trinajstić information content (AvgIpc) is 3.14. The van der Waals surface area contributed by atoms with Crippen molar-refractivity contribution in [1.29, 1.82) is 0 Å². The van der Waals surface area contributed by atoms with Crippen molar-refractivity contribution in [3.05, 3.63) is 66.4 Å². The van der Waals surface area contributed by atoms with E-state index in [1.807, 2.05) is 18.2 Å². The van der Waals surface area contributed by atoms with Crippen LogP contribution in [0.15, 0.2) is 59.8 Å². The van der Waals surface area contributed by atoms with Crippen molar-refractivity contribution in [2.45, 2.75) is 17.7 Å². The number of imidazole rings is 1. The van der Waals surface area contributed by atoms with E-state index >= 15 is 0 Å². The van der Waals surface area contributed by atoms with Gasteiger partial charge in [-0.2, -0.15) is 0 Å². The van der Waals surface area contributed by atoms with Gasteiger partial charge in [0, 0.05) is 36.1 Å². The van der Waals surface area contributed by atoms with Crippen LogP contribution in [0.3, 0.4) is 0 Å². The highest BCUT2D eigenvalue weighted by molar-refractivity contribution is 7.89. The molecule has 0 unspecified atom stereocenters. The molecule has 0 amide bonds. The van der Waals surface area contributed by atoms with Gasteiger partial charge in [-0.3, -0.25) is 4.98 Å². The highest BCUT2D eigenvalue weighted by Gasteiger charge is 2.10. The van der Waals surface area contributed by atoms with Crippen LogP contribution in [0.5, 0.6) is 5.75 Å². The molecule has 0 radical (unpaired) electrons. The first kappa shape index (κ1) is 19.0. The van der Waals surface area contributed by atoms with E-state index in [1.165, 1.54) is 12.1 Å². The van der Waals surface area contributed by atoms with Crippen LogP contribution in [0.25, 0.3) is 22.3 Å². The minimum atomic E-state index is -3.71. The largest absolute Gasteiger partial charge is 0.497 e. The lowest BCUT2D eigenvalue weighted by Gasteiger charge is -2.03. The third-order valence-corrected chi connectivity index (χ3v) is 5.47. The molecule has 0 saturated heterocycles. The van der Waals surface area contributed by atoms with Gasteiger partial charge in [0.05, 0.1) is 17.5 Å². The van der Waals surface area contributed by atoms with Gasteiger partial charge in [-0.25, -0.2) is 23.5 Å². The zero-order valence-corrected chi connectivity index (χ0v) is 16.5. The SMILES string of the molecule is COc1ccnc(CCc2nc3ncc(-c4ccc(S(N)(=O)=O)cc4)cc3[nH]2)c1. The summed E-state index contributed by atoms with van der Waals surface area (Å²) in [4.78, 5) is 16.7. The molecule has 3 heterocycles. The Morgan fingerprint density at radius 3 is 2.55 bits per heavy atom. The van der Waals surface area contributed by atoms with Gasteiger partial charge in [0.15, 0.2) is 5.65 Å². The molecule has 9 heteroatoms. The molecule has 0 spiro atoms. The van der Waals surface area contributed by atoms with Gasteiger partial charge in [-0.05, 0) is 36.2 Å². The van der Waals surface area contributed by atoms with Crippen molar-refractivity contribution in [2.24, 2.45) is 5.14 Å². The van der Waals surface area contributed by atoms with Gasteiger partial charge in [0.2, 0.25) is 10.0 Å². The number of aromatic nitrogens is 4. The Hall–Kier alpha value is -3.30. The van der Waals surface area contributed by atoms with E-state index < -0.39 is 10.0 Å². The lowest BCUT2D eigenvalue weighted by atomic mass is 10.1. The molecule has 0 aliphatic heterocycles. The van der Waals surface area contributed by atoms with Gasteiger partial charge in [-0.15, -0.1) is 0 Å². The van der Waals surface area contributed by atoms with E-state index in [1.54, 1.807) is 31.6 Å². The second-order valence-electron chi connectivity index (χ2n) is 6.54. The second kappa shape index (κ2) is 7.61. The normalized spacial score (nSPS) is 11.7. The van der Waals surface area contributed by atoms with Crippen LogP contribution in [0.4, 0.5) is 0 Å². The number of benzene rings is 1. The van der Waals surface area contributed by atoms with Crippen LogP contribution < -0.4 is 9.88 Å². The summed E-state index contributed by atoms with van der Waals surface area (Å²) in [6, 6.07) is 12.0. The number of H-pyrrole nitrogens is 1. The third-order valence-electron chi connectivity index (χ3n) is 4.54. The standard InChI is InChI=1S/C20H19N5O3S/c1-28-16-8-9-22-15(11-16)4-7-19-24-18-10-14(12-23-20(18)25-19)13-2-5-17(6-3-13)29(21,26)27/h2-3,5-6,8-12H,4,7H2,1H3,(H2,21,26,27)(H,23,24,25). The average molecular weight is 409 g/mol. The van der Waals surface area contributed by atoms with Crippen LogP contribution in [-0.2, 0) is 22.9 Å². The van der Waals surface area contributed by atoms with Crippen LogP contribution in [0, 0.1) is 0 Å². The Balaban J connectivity index is 1.54. The summed E-state index contributed by atoms with van der Waals surface area (Å²) in [5.74, 6) is 1.60. The number of nitrogens with two attached hydrogens (primary N) is 1. The fourth-order valence-corrected chi connectivity index (χ4v) is 3.54. The topological polar surface area (TPSA) is 124 Å². The van der Waals surface area contributed by atoms with E-state index in [2.05, 4.69) is 19.9 Å². The first-order valence-electron chi connectivity index (χ1n) is 8.89. The van der Waals surface area contributed by atoms with E-state index in [9.17, 15) is 8.42 Å². The number of nitrogens with one attached hydrogen (secondary N) is 1. The third kappa shape index (κ3) is 4.25. The van der Waals surface area contributed by atoms with Gasteiger partial charge in [0.25, 0.3) is 0 Å². The fourth-order valence-electron chi connectivity index (χ4n) is 3.03. The lowest BCUT2D eigenvalue weighted by molar-refractivity contribution is 0.413. The molecule has 8 nitrogen and oxygen atoms in total. The molecule has 0 atom stereocenters. The van der Waals surface area contributed by atoms with Crippen molar-refractivity contribution in [3.8, 4) is 16.9 Å². The highest BCUT2D eigenvalue weighted by Crippen LogP contribution is 2.23. The Morgan fingerprint density at radius 2 is 1.83 bits per heavy atom. The lowest BCUT2D eigenvalue weighted by Crippen LogP contribution is -2.11. The number of hydrogen-bond donors (Lipinski definition) is 2. The molecule has 3 N–H and O–H groups in total. The van der Waals surface area contributed by atoms with Crippen molar-refractivity contribution in [3.63, 3.8) is 0 Å². The van der Waals surface area contributed by atoms with E-state index in [0.29, 0.717) is 12.1 Å². The Morgan fingerprint density at radius 1 is 1.03 bits per heavy atom. The van der Waals surface area contributed by atoms with Crippen LogP contribution in [0.2, 0.25) is 0 Å². The fraction of sp³-hybridized carbons (Fsp3) is 0.150. The maximum absolute atomic E-state index is 11.4. The van der Waals surface area contributed by atoms with Crippen LogP contribution >= 0.6 is 0 Å². The predicted octanol–water partition coefficient (Wildman–Crippen LogP) is 2.46. The summed E-state index contributed by atoms with van der Waals surface area (Å²) in [6.07, 6.45) is 4.85. The molecule has 0 saturated carbocycles. The molecule has 0 aliphatic rings. The Bertz CT molecular complexity index is 1270. The number of sulfonamides is 1. The number of fused-ring (bicyclic) bond motifs is 1. The maximum atomic E-state index is 11.4. The summed E-state index contributed by atoms with van der Waals surface area (Å²) < 4.78 is 28.0. The molecule has 29 heavy (non-hydrogen) atoms. The number of primary sulfonamides is 1. The van der Waals surface area contributed by atoms with Crippen molar-refractivity contribution >= 4 is 21.2 Å². The zero-order valence-electron chi connectivity index (χ0n) is 15.7. The minimum Gasteiger partial charge on any atom is -0.497 e. The number of aryl methyl sites for hydroxylation is 2. The number of pyridine rings is 2. The summed E-state index contributed by atoms with van der Waals surface area (Å²) >= 11 is 0.